The summed E-state index contributed by atoms with van der Waals surface area (Å²) in [5.74, 6) is -0.0505. The molecule has 0 amide bonds. The van der Waals surface area contributed by atoms with Gasteiger partial charge in [-0.15, -0.1) is 11.6 Å². The van der Waals surface area contributed by atoms with Gasteiger partial charge in [0.05, 0.1) is 0 Å². The Hall–Kier alpha value is -1.67. The summed E-state index contributed by atoms with van der Waals surface area (Å²) in [5, 5.41) is 0. The number of alkyl halides is 1. The highest BCUT2D eigenvalue weighted by Gasteiger charge is 2.05. The van der Waals surface area contributed by atoms with Crippen molar-refractivity contribution in [1.29, 1.82) is 0 Å². The first kappa shape index (κ1) is 13.8. The molecule has 3 heteroatoms. The molecule has 0 heterocycles. The largest absolute Gasteiger partial charge is 0.207 e. The van der Waals surface area contributed by atoms with Crippen molar-refractivity contribution in [3.05, 3.63) is 77.4 Å². The molecule has 0 spiro atoms. The first-order valence-corrected chi connectivity index (χ1v) is 6.52. The molecule has 0 nitrogen and oxygen atoms in total. The lowest BCUT2D eigenvalue weighted by atomic mass is 9.97. The minimum atomic E-state index is -0.278. The third-order valence-corrected chi connectivity index (χ3v) is 2.99. The van der Waals surface area contributed by atoms with Crippen molar-refractivity contribution >= 4 is 17.2 Å². The lowest BCUT2D eigenvalue weighted by molar-refractivity contribution is 0.627. The van der Waals surface area contributed by atoms with Crippen LogP contribution in [-0.4, -0.2) is 5.88 Å². The van der Waals surface area contributed by atoms with Crippen LogP contribution in [0, 0.1) is 11.6 Å². The summed E-state index contributed by atoms with van der Waals surface area (Å²) >= 11 is 5.71. The van der Waals surface area contributed by atoms with Crippen LogP contribution in [-0.2, 0) is 0 Å². The van der Waals surface area contributed by atoms with E-state index in [1.54, 1.807) is 24.3 Å². The van der Waals surface area contributed by atoms with Gasteiger partial charge in [-0.1, -0.05) is 30.3 Å². The van der Waals surface area contributed by atoms with Gasteiger partial charge in [-0.2, -0.15) is 0 Å². The van der Waals surface area contributed by atoms with Crippen LogP contribution in [0.1, 0.15) is 17.5 Å². The molecule has 0 radical (unpaired) electrons. The smallest absolute Gasteiger partial charge is 0.123 e. The lowest BCUT2D eigenvalue weighted by Gasteiger charge is -2.08. The van der Waals surface area contributed by atoms with E-state index < -0.39 is 0 Å². The Labute approximate surface area is 116 Å². The van der Waals surface area contributed by atoms with Crippen molar-refractivity contribution in [2.75, 3.05) is 5.88 Å². The SMILES string of the molecule is Fc1ccc(C(=CCCCl)c2ccc(F)cc2)cc1. The Morgan fingerprint density at radius 3 is 1.63 bits per heavy atom. The highest BCUT2D eigenvalue weighted by atomic mass is 35.5. The van der Waals surface area contributed by atoms with Gasteiger partial charge in [0, 0.05) is 5.88 Å². The van der Waals surface area contributed by atoms with Crippen molar-refractivity contribution < 1.29 is 8.78 Å². The van der Waals surface area contributed by atoms with Crippen molar-refractivity contribution in [3.8, 4) is 0 Å². The molecule has 0 aromatic heterocycles. The number of hydrogen-bond donors (Lipinski definition) is 0. The number of halogens is 3. The van der Waals surface area contributed by atoms with Gasteiger partial charge in [-0.3, -0.25) is 0 Å². The molecular weight excluding hydrogens is 266 g/mol. The summed E-state index contributed by atoms with van der Waals surface area (Å²) in [6.45, 7) is 0. The van der Waals surface area contributed by atoms with Crippen molar-refractivity contribution in [3.63, 3.8) is 0 Å². The molecule has 0 aliphatic rings. The van der Waals surface area contributed by atoms with Gasteiger partial charge in [0.15, 0.2) is 0 Å². The first-order valence-electron chi connectivity index (χ1n) is 5.98. The second-order valence-corrected chi connectivity index (χ2v) is 4.49. The predicted octanol–water partition coefficient (Wildman–Crippen LogP) is 5.03. The number of hydrogen-bond acceptors (Lipinski definition) is 0. The van der Waals surface area contributed by atoms with E-state index in [0.29, 0.717) is 12.3 Å². The summed E-state index contributed by atoms with van der Waals surface area (Å²) in [5.41, 5.74) is 2.71. The zero-order valence-corrected chi connectivity index (χ0v) is 11.0. The molecule has 0 unspecified atom stereocenters. The van der Waals surface area contributed by atoms with Crippen molar-refractivity contribution in [1.82, 2.24) is 0 Å². The van der Waals surface area contributed by atoms with E-state index in [0.717, 1.165) is 16.7 Å². The molecule has 0 saturated heterocycles. The van der Waals surface area contributed by atoms with E-state index in [4.69, 9.17) is 11.6 Å². The van der Waals surface area contributed by atoms with Gasteiger partial charge in [-0.25, -0.2) is 8.78 Å². The van der Waals surface area contributed by atoms with Gasteiger partial charge in [-0.05, 0) is 47.4 Å². The standard InChI is InChI=1S/C16H13ClF2/c17-11-1-2-16(12-3-7-14(18)8-4-12)13-5-9-15(19)10-6-13/h2-10H,1,11H2. The van der Waals surface area contributed by atoms with Crippen molar-refractivity contribution in [2.24, 2.45) is 0 Å². The van der Waals surface area contributed by atoms with Crippen LogP contribution in [0.15, 0.2) is 54.6 Å². The molecule has 0 N–H and O–H groups in total. The second kappa shape index (κ2) is 6.48. The van der Waals surface area contributed by atoms with Crippen LogP contribution in [0.4, 0.5) is 8.78 Å². The van der Waals surface area contributed by atoms with Crippen LogP contribution in [0.5, 0.6) is 0 Å². The minimum Gasteiger partial charge on any atom is -0.207 e. The quantitative estimate of drug-likeness (QED) is 0.689. The molecule has 2 aromatic rings. The highest BCUT2D eigenvalue weighted by Crippen LogP contribution is 2.24. The van der Waals surface area contributed by atoms with Crippen LogP contribution < -0.4 is 0 Å². The number of rotatable bonds is 4. The first-order chi connectivity index (χ1) is 9.20. The van der Waals surface area contributed by atoms with Gasteiger partial charge >= 0.3 is 0 Å². The molecule has 2 aromatic carbocycles. The van der Waals surface area contributed by atoms with Crippen LogP contribution in [0.3, 0.4) is 0 Å². The maximum Gasteiger partial charge on any atom is 0.123 e. The highest BCUT2D eigenvalue weighted by molar-refractivity contribution is 6.18. The monoisotopic (exact) mass is 278 g/mol. The second-order valence-electron chi connectivity index (χ2n) is 4.11. The Bertz CT molecular complexity index is 509. The predicted molar refractivity (Wildman–Crippen MR) is 75.2 cm³/mol. The number of benzene rings is 2. The van der Waals surface area contributed by atoms with Gasteiger partial charge < -0.3 is 0 Å². The van der Waals surface area contributed by atoms with E-state index in [2.05, 4.69) is 0 Å². The molecular formula is C16H13ClF2. The van der Waals surface area contributed by atoms with Gasteiger partial charge in [0.25, 0.3) is 0 Å². The molecule has 98 valence electrons. The van der Waals surface area contributed by atoms with E-state index >= 15 is 0 Å². The van der Waals surface area contributed by atoms with E-state index in [-0.39, 0.29) is 11.6 Å². The third kappa shape index (κ3) is 3.65. The fourth-order valence-corrected chi connectivity index (χ4v) is 1.97. The summed E-state index contributed by atoms with van der Waals surface area (Å²) in [6, 6.07) is 12.5. The molecule has 2 rings (SSSR count). The van der Waals surface area contributed by atoms with E-state index in [9.17, 15) is 8.78 Å². The summed E-state index contributed by atoms with van der Waals surface area (Å²) < 4.78 is 25.9. The van der Waals surface area contributed by atoms with Crippen LogP contribution in [0.2, 0.25) is 0 Å². The molecule has 0 atom stereocenters. The number of allylic oxidation sites excluding steroid dienone is 1. The van der Waals surface area contributed by atoms with Crippen LogP contribution in [0.25, 0.3) is 5.57 Å². The average Bonchev–Trinajstić information content (AvgIpc) is 2.43. The third-order valence-electron chi connectivity index (χ3n) is 2.77. The lowest BCUT2D eigenvalue weighted by Crippen LogP contribution is -1.90. The Balaban J connectivity index is 2.41. The molecule has 0 fully saturated rings. The molecule has 0 aliphatic carbocycles. The van der Waals surface area contributed by atoms with Gasteiger partial charge in [0.1, 0.15) is 11.6 Å². The van der Waals surface area contributed by atoms with E-state index in [1.807, 2.05) is 6.08 Å². The molecule has 19 heavy (non-hydrogen) atoms. The summed E-state index contributed by atoms with van der Waals surface area (Å²) in [6.07, 6.45) is 2.68. The fraction of sp³-hybridized carbons (Fsp3) is 0.125. The Morgan fingerprint density at radius 1 is 0.842 bits per heavy atom. The van der Waals surface area contributed by atoms with E-state index in [1.165, 1.54) is 24.3 Å². The molecule has 0 aliphatic heterocycles. The molecule has 0 bridgehead atoms. The van der Waals surface area contributed by atoms with Crippen molar-refractivity contribution in [2.45, 2.75) is 6.42 Å². The maximum atomic E-state index is 13.0. The molecule has 0 saturated carbocycles. The zero-order valence-electron chi connectivity index (χ0n) is 10.2. The van der Waals surface area contributed by atoms with Crippen LogP contribution >= 0.6 is 11.6 Å². The topological polar surface area (TPSA) is 0 Å². The van der Waals surface area contributed by atoms with Gasteiger partial charge in [0.2, 0.25) is 0 Å². The average molecular weight is 279 g/mol. The summed E-state index contributed by atoms with van der Waals surface area (Å²) in [4.78, 5) is 0. The maximum absolute atomic E-state index is 13.0. The normalized spacial score (nSPS) is 10.3. The Morgan fingerprint density at radius 2 is 1.26 bits per heavy atom. The Kier molecular flexibility index (Phi) is 4.69. The minimum absolute atomic E-state index is 0.278. The fourth-order valence-electron chi connectivity index (χ4n) is 1.86. The summed E-state index contributed by atoms with van der Waals surface area (Å²) in [7, 11) is 0. The zero-order chi connectivity index (χ0) is 13.7.